The van der Waals surface area contributed by atoms with Gasteiger partial charge in [-0.15, -0.1) is 0 Å². The second-order valence-corrected chi connectivity index (χ2v) is 5.51. The monoisotopic (exact) mass is 247 g/mol. The molecule has 1 saturated carbocycles. The number of benzene rings is 1. The standard InChI is InChI=1S/C16H25NO/c1-3-16(4-2,12-18)17-11-13-5-7-14(8-6-13)15-9-10-15/h5-8,15,17-18H,3-4,9-12H2,1-2H3. The number of aliphatic hydroxyl groups excluding tert-OH is 1. The van der Waals surface area contributed by atoms with Crippen LogP contribution in [0.2, 0.25) is 0 Å². The van der Waals surface area contributed by atoms with Crippen molar-refractivity contribution in [3.63, 3.8) is 0 Å². The molecule has 2 nitrogen and oxygen atoms in total. The molecule has 1 aliphatic rings. The minimum Gasteiger partial charge on any atom is -0.394 e. The fourth-order valence-corrected chi connectivity index (χ4v) is 2.39. The maximum Gasteiger partial charge on any atom is 0.0613 e. The van der Waals surface area contributed by atoms with Gasteiger partial charge in [-0.1, -0.05) is 38.1 Å². The highest BCUT2D eigenvalue weighted by molar-refractivity contribution is 5.28. The summed E-state index contributed by atoms with van der Waals surface area (Å²) in [5, 5.41) is 13.0. The van der Waals surface area contributed by atoms with E-state index in [4.69, 9.17) is 0 Å². The van der Waals surface area contributed by atoms with Crippen LogP contribution < -0.4 is 5.32 Å². The van der Waals surface area contributed by atoms with E-state index < -0.39 is 0 Å². The molecule has 0 aliphatic heterocycles. The summed E-state index contributed by atoms with van der Waals surface area (Å²) in [7, 11) is 0. The zero-order valence-corrected chi connectivity index (χ0v) is 11.6. The van der Waals surface area contributed by atoms with E-state index in [1.165, 1.54) is 24.0 Å². The summed E-state index contributed by atoms with van der Waals surface area (Å²) < 4.78 is 0. The summed E-state index contributed by atoms with van der Waals surface area (Å²) in [5.74, 6) is 0.829. The number of rotatable bonds is 7. The zero-order chi connectivity index (χ0) is 13.0. The van der Waals surface area contributed by atoms with Crippen molar-refractivity contribution in [2.45, 2.75) is 57.5 Å². The lowest BCUT2D eigenvalue weighted by Crippen LogP contribution is -2.47. The Labute approximate surface area is 110 Å². The van der Waals surface area contributed by atoms with Crippen LogP contribution in [0.1, 0.15) is 56.6 Å². The Hall–Kier alpha value is -0.860. The quantitative estimate of drug-likeness (QED) is 0.775. The summed E-state index contributed by atoms with van der Waals surface area (Å²) in [6, 6.07) is 8.95. The Morgan fingerprint density at radius 2 is 1.78 bits per heavy atom. The van der Waals surface area contributed by atoms with Crippen molar-refractivity contribution in [3.8, 4) is 0 Å². The summed E-state index contributed by atoms with van der Waals surface area (Å²) in [4.78, 5) is 0. The third kappa shape index (κ3) is 3.12. The van der Waals surface area contributed by atoms with Crippen LogP contribution in [0.15, 0.2) is 24.3 Å². The molecule has 0 atom stereocenters. The Bertz CT molecular complexity index is 355. The third-order valence-electron chi connectivity index (χ3n) is 4.35. The van der Waals surface area contributed by atoms with Crippen LogP contribution in [0.25, 0.3) is 0 Å². The van der Waals surface area contributed by atoms with E-state index in [1.807, 2.05) is 0 Å². The van der Waals surface area contributed by atoms with Gasteiger partial charge in [0.25, 0.3) is 0 Å². The van der Waals surface area contributed by atoms with Crippen molar-refractivity contribution in [3.05, 3.63) is 35.4 Å². The maximum atomic E-state index is 9.52. The van der Waals surface area contributed by atoms with Crippen molar-refractivity contribution in [2.24, 2.45) is 0 Å². The van der Waals surface area contributed by atoms with E-state index in [-0.39, 0.29) is 12.1 Å². The molecule has 0 amide bonds. The molecule has 0 bridgehead atoms. The largest absolute Gasteiger partial charge is 0.394 e. The first-order valence-corrected chi connectivity index (χ1v) is 7.17. The van der Waals surface area contributed by atoms with Crippen LogP contribution in [0.3, 0.4) is 0 Å². The Kier molecular flexibility index (Phi) is 4.41. The summed E-state index contributed by atoms with van der Waals surface area (Å²) in [6.07, 6.45) is 4.63. The molecule has 2 rings (SSSR count). The smallest absolute Gasteiger partial charge is 0.0613 e. The van der Waals surface area contributed by atoms with Gasteiger partial charge in [-0.3, -0.25) is 0 Å². The zero-order valence-electron chi connectivity index (χ0n) is 11.6. The first-order valence-electron chi connectivity index (χ1n) is 7.17. The van der Waals surface area contributed by atoms with Crippen LogP contribution in [0, 0.1) is 0 Å². The predicted octanol–water partition coefficient (Wildman–Crippen LogP) is 3.20. The highest BCUT2D eigenvalue weighted by Gasteiger charge is 2.25. The van der Waals surface area contributed by atoms with Crippen molar-refractivity contribution in [1.82, 2.24) is 5.32 Å². The average molecular weight is 247 g/mol. The van der Waals surface area contributed by atoms with E-state index in [0.717, 1.165) is 25.3 Å². The fourth-order valence-electron chi connectivity index (χ4n) is 2.39. The molecule has 2 heteroatoms. The Morgan fingerprint density at radius 1 is 1.17 bits per heavy atom. The van der Waals surface area contributed by atoms with Crippen molar-refractivity contribution in [2.75, 3.05) is 6.61 Å². The topological polar surface area (TPSA) is 32.3 Å². The van der Waals surface area contributed by atoms with E-state index in [2.05, 4.69) is 43.4 Å². The van der Waals surface area contributed by atoms with E-state index >= 15 is 0 Å². The lowest BCUT2D eigenvalue weighted by molar-refractivity contribution is 0.149. The molecule has 2 N–H and O–H groups in total. The van der Waals surface area contributed by atoms with Gasteiger partial charge in [0, 0.05) is 12.1 Å². The van der Waals surface area contributed by atoms with Gasteiger partial charge < -0.3 is 10.4 Å². The molecular formula is C16H25NO. The van der Waals surface area contributed by atoms with Gasteiger partial charge in [0.1, 0.15) is 0 Å². The van der Waals surface area contributed by atoms with Gasteiger partial charge in [-0.2, -0.15) is 0 Å². The van der Waals surface area contributed by atoms with Gasteiger partial charge in [0.15, 0.2) is 0 Å². The van der Waals surface area contributed by atoms with Crippen molar-refractivity contribution in [1.29, 1.82) is 0 Å². The Morgan fingerprint density at radius 3 is 2.22 bits per heavy atom. The molecule has 100 valence electrons. The number of hydrogen-bond donors (Lipinski definition) is 2. The van der Waals surface area contributed by atoms with Crippen LogP contribution in [0.4, 0.5) is 0 Å². The fraction of sp³-hybridized carbons (Fsp3) is 0.625. The molecule has 0 saturated heterocycles. The first kappa shape index (κ1) is 13.6. The van der Waals surface area contributed by atoms with E-state index in [0.29, 0.717) is 0 Å². The third-order valence-corrected chi connectivity index (χ3v) is 4.35. The van der Waals surface area contributed by atoms with Crippen molar-refractivity contribution < 1.29 is 5.11 Å². The van der Waals surface area contributed by atoms with E-state index in [1.54, 1.807) is 0 Å². The molecule has 1 aromatic carbocycles. The number of aliphatic hydroxyl groups is 1. The lowest BCUT2D eigenvalue weighted by Gasteiger charge is -2.31. The Balaban J connectivity index is 1.92. The van der Waals surface area contributed by atoms with Crippen LogP contribution in [-0.2, 0) is 6.54 Å². The summed E-state index contributed by atoms with van der Waals surface area (Å²) >= 11 is 0. The number of hydrogen-bond acceptors (Lipinski definition) is 2. The maximum absolute atomic E-state index is 9.52. The van der Waals surface area contributed by atoms with Crippen molar-refractivity contribution >= 4 is 0 Å². The SMILES string of the molecule is CCC(CC)(CO)NCc1ccc(C2CC2)cc1. The first-order chi connectivity index (χ1) is 8.73. The second kappa shape index (κ2) is 5.85. The van der Waals surface area contributed by atoms with E-state index in [9.17, 15) is 5.11 Å². The lowest BCUT2D eigenvalue weighted by atomic mass is 9.93. The highest BCUT2D eigenvalue weighted by atomic mass is 16.3. The molecule has 0 aromatic heterocycles. The molecule has 1 aliphatic carbocycles. The average Bonchev–Trinajstić information content (AvgIpc) is 3.26. The molecule has 0 heterocycles. The molecule has 0 unspecified atom stereocenters. The van der Waals surface area contributed by atoms with Gasteiger partial charge in [0.05, 0.1) is 6.61 Å². The number of nitrogens with one attached hydrogen (secondary N) is 1. The van der Waals surface area contributed by atoms with Gasteiger partial charge in [0.2, 0.25) is 0 Å². The second-order valence-electron chi connectivity index (χ2n) is 5.51. The van der Waals surface area contributed by atoms with Gasteiger partial charge in [-0.25, -0.2) is 0 Å². The van der Waals surface area contributed by atoms with Crippen LogP contribution in [0.5, 0.6) is 0 Å². The van der Waals surface area contributed by atoms with Crippen LogP contribution in [-0.4, -0.2) is 17.3 Å². The normalized spacial score (nSPS) is 15.9. The molecular weight excluding hydrogens is 222 g/mol. The van der Waals surface area contributed by atoms with Crippen LogP contribution >= 0.6 is 0 Å². The summed E-state index contributed by atoms with van der Waals surface area (Å²) in [5.41, 5.74) is 2.67. The minimum atomic E-state index is -0.116. The molecule has 1 aromatic rings. The molecule has 1 fully saturated rings. The minimum absolute atomic E-state index is 0.116. The highest BCUT2D eigenvalue weighted by Crippen LogP contribution is 2.39. The summed E-state index contributed by atoms with van der Waals surface area (Å²) in [6.45, 7) is 5.30. The van der Waals surface area contributed by atoms with Gasteiger partial charge >= 0.3 is 0 Å². The molecule has 0 radical (unpaired) electrons. The molecule has 18 heavy (non-hydrogen) atoms. The van der Waals surface area contributed by atoms with Gasteiger partial charge in [-0.05, 0) is 42.7 Å². The predicted molar refractivity (Wildman–Crippen MR) is 75.7 cm³/mol. The molecule has 0 spiro atoms.